The van der Waals surface area contributed by atoms with Crippen LogP contribution in [0.15, 0.2) is 48.5 Å². The second-order valence-corrected chi connectivity index (χ2v) is 8.57. The molecule has 6 nitrogen and oxygen atoms in total. The molecule has 28 heavy (non-hydrogen) atoms. The van der Waals surface area contributed by atoms with Crippen LogP contribution in [0, 0.1) is 6.92 Å². The van der Waals surface area contributed by atoms with Gasteiger partial charge in [-0.3, -0.25) is 9.10 Å². The largest absolute Gasteiger partial charge is 0.492 e. The van der Waals surface area contributed by atoms with Crippen LogP contribution in [0.1, 0.15) is 25.0 Å². The van der Waals surface area contributed by atoms with Crippen molar-refractivity contribution >= 4 is 21.6 Å². The third-order valence-corrected chi connectivity index (χ3v) is 5.62. The average molecular weight is 405 g/mol. The van der Waals surface area contributed by atoms with Crippen molar-refractivity contribution in [1.82, 2.24) is 5.32 Å². The van der Waals surface area contributed by atoms with Gasteiger partial charge in [0.05, 0.1) is 18.5 Å². The van der Waals surface area contributed by atoms with E-state index in [4.69, 9.17) is 4.74 Å². The molecule has 2 aromatic rings. The van der Waals surface area contributed by atoms with E-state index in [1.807, 2.05) is 43.3 Å². The minimum atomic E-state index is -3.61. The third kappa shape index (κ3) is 5.99. The predicted molar refractivity (Wildman–Crippen MR) is 112 cm³/mol. The summed E-state index contributed by atoms with van der Waals surface area (Å²) in [5, 5.41) is 2.74. The van der Waals surface area contributed by atoms with Crippen LogP contribution in [0.4, 0.5) is 5.69 Å². The van der Waals surface area contributed by atoms with Gasteiger partial charge in [-0.15, -0.1) is 0 Å². The summed E-state index contributed by atoms with van der Waals surface area (Å²) in [6.07, 6.45) is 2.06. The van der Waals surface area contributed by atoms with Gasteiger partial charge in [0, 0.05) is 0 Å². The molecule has 0 spiro atoms. The number of benzene rings is 2. The minimum Gasteiger partial charge on any atom is -0.492 e. The Morgan fingerprint density at radius 3 is 2.25 bits per heavy atom. The lowest BCUT2D eigenvalue weighted by molar-refractivity contribution is -0.121. The molecule has 0 aliphatic rings. The maximum absolute atomic E-state index is 12.5. The number of sulfonamides is 1. The second kappa shape index (κ2) is 9.59. The van der Waals surface area contributed by atoms with Crippen LogP contribution < -0.4 is 14.4 Å². The molecule has 1 atom stereocenters. The summed E-state index contributed by atoms with van der Waals surface area (Å²) in [5.74, 6) is 0.354. The quantitative estimate of drug-likeness (QED) is 0.652. The van der Waals surface area contributed by atoms with Crippen molar-refractivity contribution in [2.75, 3.05) is 23.7 Å². The summed E-state index contributed by atoms with van der Waals surface area (Å²) in [5.41, 5.74) is 2.70. The molecule has 1 unspecified atom stereocenters. The van der Waals surface area contributed by atoms with Crippen LogP contribution in [0.5, 0.6) is 5.75 Å². The van der Waals surface area contributed by atoms with Gasteiger partial charge in [0.15, 0.2) is 0 Å². The zero-order chi connectivity index (χ0) is 20.7. The molecule has 0 bridgehead atoms. The van der Waals surface area contributed by atoms with Crippen molar-refractivity contribution in [2.24, 2.45) is 0 Å². The topological polar surface area (TPSA) is 75.7 Å². The van der Waals surface area contributed by atoms with Gasteiger partial charge in [-0.2, -0.15) is 0 Å². The Kier molecular flexibility index (Phi) is 7.45. The van der Waals surface area contributed by atoms with Gasteiger partial charge in [-0.05, 0) is 50.1 Å². The van der Waals surface area contributed by atoms with Crippen molar-refractivity contribution in [3.05, 3.63) is 59.7 Å². The van der Waals surface area contributed by atoms with Crippen LogP contribution in [-0.2, 0) is 21.2 Å². The van der Waals surface area contributed by atoms with Gasteiger partial charge in [-0.25, -0.2) is 8.42 Å². The van der Waals surface area contributed by atoms with E-state index in [0.717, 1.165) is 28.3 Å². The first-order chi connectivity index (χ1) is 13.2. The standard InChI is InChI=1S/C21H28N2O4S/c1-5-18-8-12-20(13-9-18)27-15-14-22-21(24)17(3)23(28(4,25)26)19-10-6-16(2)7-11-19/h6-13,17H,5,14-15H2,1-4H3,(H,22,24). The number of carbonyl (C=O) groups excluding carboxylic acids is 1. The van der Waals surface area contributed by atoms with E-state index in [2.05, 4.69) is 12.2 Å². The summed E-state index contributed by atoms with van der Waals surface area (Å²) < 4.78 is 31.2. The number of rotatable bonds is 9. The monoisotopic (exact) mass is 404 g/mol. The number of ether oxygens (including phenoxy) is 1. The lowest BCUT2D eigenvalue weighted by Gasteiger charge is -2.28. The van der Waals surface area contributed by atoms with Crippen LogP contribution in [0.25, 0.3) is 0 Å². The van der Waals surface area contributed by atoms with E-state index in [-0.39, 0.29) is 12.5 Å². The zero-order valence-electron chi connectivity index (χ0n) is 16.8. The molecule has 0 saturated carbocycles. The van der Waals surface area contributed by atoms with Crippen LogP contribution >= 0.6 is 0 Å². The smallest absolute Gasteiger partial charge is 0.243 e. The van der Waals surface area contributed by atoms with E-state index >= 15 is 0 Å². The second-order valence-electron chi connectivity index (χ2n) is 6.71. The number of hydrogen-bond acceptors (Lipinski definition) is 4. The number of carbonyl (C=O) groups is 1. The highest BCUT2D eigenvalue weighted by Crippen LogP contribution is 2.21. The van der Waals surface area contributed by atoms with Crippen molar-refractivity contribution in [2.45, 2.75) is 33.2 Å². The highest BCUT2D eigenvalue weighted by molar-refractivity contribution is 7.92. The van der Waals surface area contributed by atoms with E-state index in [1.54, 1.807) is 19.1 Å². The molecule has 2 rings (SSSR count). The molecule has 0 aromatic heterocycles. The summed E-state index contributed by atoms with van der Waals surface area (Å²) in [4.78, 5) is 12.5. The highest BCUT2D eigenvalue weighted by atomic mass is 32.2. The molecule has 0 saturated heterocycles. The van der Waals surface area contributed by atoms with E-state index in [1.165, 1.54) is 5.56 Å². The molecule has 0 radical (unpaired) electrons. The number of nitrogens with one attached hydrogen (secondary N) is 1. The van der Waals surface area contributed by atoms with Gasteiger partial charge < -0.3 is 10.1 Å². The first-order valence-electron chi connectivity index (χ1n) is 9.28. The van der Waals surface area contributed by atoms with E-state index in [0.29, 0.717) is 12.3 Å². The summed E-state index contributed by atoms with van der Waals surface area (Å²) in [6, 6.07) is 13.9. The Labute approximate surface area is 167 Å². The Bertz CT molecular complexity index is 878. The van der Waals surface area contributed by atoms with Crippen molar-refractivity contribution in [3.63, 3.8) is 0 Å². The lowest BCUT2D eigenvalue weighted by atomic mass is 10.2. The van der Waals surface area contributed by atoms with Gasteiger partial charge in [-0.1, -0.05) is 36.8 Å². The normalized spacial score (nSPS) is 12.3. The summed E-state index contributed by atoms with van der Waals surface area (Å²) in [6.45, 7) is 6.15. The molecular weight excluding hydrogens is 376 g/mol. The average Bonchev–Trinajstić information content (AvgIpc) is 2.66. The molecule has 7 heteroatoms. The fraction of sp³-hybridized carbons (Fsp3) is 0.381. The van der Waals surface area contributed by atoms with E-state index < -0.39 is 16.1 Å². The summed E-state index contributed by atoms with van der Waals surface area (Å²) >= 11 is 0. The maximum atomic E-state index is 12.5. The fourth-order valence-electron chi connectivity index (χ4n) is 2.81. The van der Waals surface area contributed by atoms with Crippen LogP contribution in [-0.4, -0.2) is 39.8 Å². The lowest BCUT2D eigenvalue weighted by Crippen LogP contribution is -2.48. The van der Waals surface area contributed by atoms with Crippen molar-refractivity contribution < 1.29 is 17.9 Å². The van der Waals surface area contributed by atoms with Crippen molar-refractivity contribution in [3.8, 4) is 5.75 Å². The van der Waals surface area contributed by atoms with Crippen LogP contribution in [0.2, 0.25) is 0 Å². The molecule has 0 aliphatic heterocycles. The number of aryl methyl sites for hydroxylation is 2. The molecule has 152 valence electrons. The number of amides is 1. The minimum absolute atomic E-state index is 0.282. The molecule has 2 aromatic carbocycles. The first-order valence-corrected chi connectivity index (χ1v) is 11.1. The predicted octanol–water partition coefficient (Wildman–Crippen LogP) is 2.91. The highest BCUT2D eigenvalue weighted by Gasteiger charge is 2.28. The van der Waals surface area contributed by atoms with Gasteiger partial charge in [0.25, 0.3) is 0 Å². The van der Waals surface area contributed by atoms with Gasteiger partial charge in [0.1, 0.15) is 18.4 Å². The third-order valence-electron chi connectivity index (χ3n) is 4.38. The molecule has 1 N–H and O–H groups in total. The maximum Gasteiger partial charge on any atom is 0.243 e. The molecule has 0 aliphatic carbocycles. The number of nitrogens with zero attached hydrogens (tertiary/aromatic N) is 1. The Morgan fingerprint density at radius 1 is 1.11 bits per heavy atom. The Morgan fingerprint density at radius 2 is 1.71 bits per heavy atom. The van der Waals surface area contributed by atoms with Crippen molar-refractivity contribution in [1.29, 1.82) is 0 Å². The number of anilines is 1. The fourth-order valence-corrected chi connectivity index (χ4v) is 3.99. The molecular formula is C21H28N2O4S. The first kappa shape index (κ1) is 21.8. The Balaban J connectivity index is 1.94. The SMILES string of the molecule is CCc1ccc(OCCNC(=O)C(C)N(c2ccc(C)cc2)S(C)(=O)=O)cc1. The number of hydrogen-bond donors (Lipinski definition) is 1. The van der Waals surface area contributed by atoms with Gasteiger partial charge in [0.2, 0.25) is 15.9 Å². The van der Waals surface area contributed by atoms with Gasteiger partial charge >= 0.3 is 0 Å². The molecule has 0 fully saturated rings. The summed E-state index contributed by atoms with van der Waals surface area (Å²) in [7, 11) is -3.61. The van der Waals surface area contributed by atoms with Crippen LogP contribution in [0.3, 0.4) is 0 Å². The Hall–Kier alpha value is -2.54. The van der Waals surface area contributed by atoms with E-state index in [9.17, 15) is 13.2 Å². The zero-order valence-corrected chi connectivity index (χ0v) is 17.6. The molecule has 0 heterocycles. The molecule has 1 amide bonds.